The van der Waals surface area contributed by atoms with Gasteiger partial charge in [-0.15, -0.1) is 11.3 Å². The Morgan fingerprint density at radius 1 is 0.913 bits per heavy atom. The average molecular weight is 320 g/mol. The summed E-state index contributed by atoms with van der Waals surface area (Å²) in [4.78, 5) is 14.4. The van der Waals surface area contributed by atoms with E-state index < -0.39 is 0 Å². The molecule has 1 nitrogen and oxygen atoms in total. The molecule has 2 aromatic carbocycles. The Hall–Kier alpha value is -2.19. The maximum Gasteiger partial charge on any atom is 0.177 e. The van der Waals surface area contributed by atoms with Crippen LogP contribution in [0.4, 0.5) is 0 Å². The van der Waals surface area contributed by atoms with Gasteiger partial charge in [0.15, 0.2) is 5.78 Å². The van der Waals surface area contributed by atoms with Gasteiger partial charge in [0.1, 0.15) is 0 Å². The third kappa shape index (κ3) is 3.77. The van der Waals surface area contributed by atoms with Crippen LogP contribution >= 0.6 is 11.3 Å². The summed E-state index contributed by atoms with van der Waals surface area (Å²) in [5.41, 5.74) is 3.58. The first-order valence-corrected chi connectivity index (χ1v) is 8.72. The van der Waals surface area contributed by atoms with Crippen molar-refractivity contribution in [2.75, 3.05) is 0 Å². The van der Waals surface area contributed by atoms with Crippen LogP contribution in [0.2, 0.25) is 0 Å². The highest BCUT2D eigenvalue weighted by Crippen LogP contribution is 2.30. The maximum absolute atomic E-state index is 12.4. The number of hydrogen-bond acceptors (Lipinski definition) is 2. The summed E-state index contributed by atoms with van der Waals surface area (Å²) in [6.07, 6.45) is 0.465. The lowest BCUT2D eigenvalue weighted by Gasteiger charge is -2.05. The van der Waals surface area contributed by atoms with E-state index in [1.165, 1.54) is 11.1 Å². The van der Waals surface area contributed by atoms with Gasteiger partial charge in [-0.1, -0.05) is 68.4 Å². The predicted molar refractivity (Wildman–Crippen MR) is 98.3 cm³/mol. The second-order valence-corrected chi connectivity index (χ2v) is 7.11. The lowest BCUT2D eigenvalue weighted by atomic mass is 10.0. The van der Waals surface area contributed by atoms with Gasteiger partial charge in [0, 0.05) is 11.3 Å². The average Bonchev–Trinajstić information content (AvgIpc) is 3.06. The van der Waals surface area contributed by atoms with Gasteiger partial charge < -0.3 is 0 Å². The van der Waals surface area contributed by atoms with E-state index in [0.29, 0.717) is 12.3 Å². The summed E-state index contributed by atoms with van der Waals surface area (Å²) in [5.74, 6) is 0.724. The van der Waals surface area contributed by atoms with E-state index >= 15 is 0 Å². The quantitative estimate of drug-likeness (QED) is 0.530. The molecule has 0 atom stereocenters. The monoisotopic (exact) mass is 320 g/mol. The zero-order chi connectivity index (χ0) is 16.2. The molecule has 0 bridgehead atoms. The minimum Gasteiger partial charge on any atom is -0.293 e. The Morgan fingerprint density at radius 3 is 2.26 bits per heavy atom. The molecule has 116 valence electrons. The van der Waals surface area contributed by atoms with E-state index in [4.69, 9.17) is 0 Å². The lowest BCUT2D eigenvalue weighted by molar-refractivity contribution is 0.0997. The van der Waals surface area contributed by atoms with Crippen molar-refractivity contribution in [3.63, 3.8) is 0 Å². The zero-order valence-electron chi connectivity index (χ0n) is 13.5. The molecular weight excluding hydrogens is 300 g/mol. The molecule has 0 spiro atoms. The molecule has 0 aliphatic rings. The highest BCUT2D eigenvalue weighted by molar-refractivity contribution is 7.17. The number of ketones is 1. The van der Waals surface area contributed by atoms with E-state index in [1.807, 2.05) is 42.5 Å². The Kier molecular flexibility index (Phi) is 4.73. The normalized spacial score (nSPS) is 10.9. The van der Waals surface area contributed by atoms with E-state index in [-0.39, 0.29) is 5.78 Å². The van der Waals surface area contributed by atoms with E-state index in [2.05, 4.69) is 38.1 Å². The van der Waals surface area contributed by atoms with Gasteiger partial charge in [-0.05, 0) is 34.7 Å². The summed E-state index contributed by atoms with van der Waals surface area (Å²) in [6.45, 7) is 4.39. The highest BCUT2D eigenvalue weighted by atomic mass is 32.1. The molecule has 1 aromatic heterocycles. The third-order valence-electron chi connectivity index (χ3n) is 3.95. The summed E-state index contributed by atoms with van der Waals surface area (Å²) in [7, 11) is 0. The minimum absolute atomic E-state index is 0.186. The van der Waals surface area contributed by atoms with Crippen molar-refractivity contribution < 1.29 is 4.79 Å². The van der Waals surface area contributed by atoms with Crippen LogP contribution in [0.3, 0.4) is 0 Å². The fourth-order valence-electron chi connectivity index (χ4n) is 2.54. The first-order chi connectivity index (χ1) is 11.1. The topological polar surface area (TPSA) is 17.1 Å². The van der Waals surface area contributed by atoms with Crippen molar-refractivity contribution in [2.24, 2.45) is 0 Å². The fourth-order valence-corrected chi connectivity index (χ4v) is 3.49. The summed E-state index contributed by atoms with van der Waals surface area (Å²) < 4.78 is 0. The molecule has 0 N–H and O–H groups in total. The van der Waals surface area contributed by atoms with Gasteiger partial charge in [0.05, 0.1) is 4.88 Å². The first kappa shape index (κ1) is 15.7. The third-order valence-corrected chi connectivity index (χ3v) is 5.13. The molecule has 0 amide bonds. The van der Waals surface area contributed by atoms with Crippen LogP contribution in [0.15, 0.2) is 66.7 Å². The molecule has 3 rings (SSSR count). The van der Waals surface area contributed by atoms with Gasteiger partial charge in [0.25, 0.3) is 0 Å². The van der Waals surface area contributed by atoms with Gasteiger partial charge in [-0.25, -0.2) is 0 Å². The van der Waals surface area contributed by atoms with Crippen molar-refractivity contribution in [2.45, 2.75) is 26.2 Å². The van der Waals surface area contributed by atoms with Crippen LogP contribution in [0.25, 0.3) is 10.4 Å². The molecular formula is C21H20OS. The van der Waals surface area contributed by atoms with E-state index in [0.717, 1.165) is 15.3 Å². The van der Waals surface area contributed by atoms with Gasteiger partial charge in [0.2, 0.25) is 0 Å². The molecule has 0 aliphatic carbocycles. The van der Waals surface area contributed by atoms with Crippen LogP contribution in [0.5, 0.6) is 0 Å². The molecule has 3 aromatic rings. The van der Waals surface area contributed by atoms with Crippen molar-refractivity contribution in [1.82, 2.24) is 0 Å². The Bertz CT molecular complexity index is 782. The van der Waals surface area contributed by atoms with Gasteiger partial charge in [-0.2, -0.15) is 0 Å². The number of thiophene rings is 1. The van der Waals surface area contributed by atoms with Crippen molar-refractivity contribution in [3.05, 3.63) is 82.7 Å². The summed E-state index contributed by atoms with van der Waals surface area (Å²) in [6, 6.07) is 22.5. The number of carbonyl (C=O) groups is 1. The van der Waals surface area contributed by atoms with Crippen LogP contribution in [-0.4, -0.2) is 5.78 Å². The number of rotatable bonds is 5. The van der Waals surface area contributed by atoms with Crippen LogP contribution < -0.4 is 0 Å². The molecule has 0 saturated heterocycles. The van der Waals surface area contributed by atoms with E-state index in [9.17, 15) is 4.79 Å². The molecule has 1 heterocycles. The Morgan fingerprint density at radius 2 is 1.61 bits per heavy atom. The Balaban J connectivity index is 1.76. The Labute approximate surface area is 141 Å². The van der Waals surface area contributed by atoms with Crippen molar-refractivity contribution >= 4 is 17.1 Å². The van der Waals surface area contributed by atoms with Gasteiger partial charge >= 0.3 is 0 Å². The zero-order valence-corrected chi connectivity index (χ0v) is 14.3. The summed E-state index contributed by atoms with van der Waals surface area (Å²) in [5, 5.41) is 0. The van der Waals surface area contributed by atoms with Crippen LogP contribution in [0.1, 0.15) is 40.6 Å². The molecule has 2 heteroatoms. The van der Waals surface area contributed by atoms with Crippen molar-refractivity contribution in [1.29, 1.82) is 0 Å². The molecule has 0 aliphatic heterocycles. The SMILES string of the molecule is CC(C)c1ccc(-c2ccc(C(=O)Cc3ccccc3)s2)cc1. The number of carbonyl (C=O) groups excluding carboxylic acids is 1. The number of hydrogen-bond donors (Lipinski definition) is 0. The largest absolute Gasteiger partial charge is 0.293 e. The van der Waals surface area contributed by atoms with Gasteiger partial charge in [-0.3, -0.25) is 4.79 Å². The second kappa shape index (κ2) is 6.93. The maximum atomic E-state index is 12.4. The summed E-state index contributed by atoms with van der Waals surface area (Å²) >= 11 is 1.58. The fraction of sp³-hybridized carbons (Fsp3) is 0.190. The lowest BCUT2D eigenvalue weighted by Crippen LogP contribution is -2.00. The predicted octanol–water partition coefficient (Wildman–Crippen LogP) is 5.96. The highest BCUT2D eigenvalue weighted by Gasteiger charge is 2.11. The van der Waals surface area contributed by atoms with Crippen molar-refractivity contribution in [3.8, 4) is 10.4 Å². The smallest absolute Gasteiger partial charge is 0.177 e. The molecule has 0 fully saturated rings. The second-order valence-electron chi connectivity index (χ2n) is 6.03. The van der Waals surface area contributed by atoms with Crippen LogP contribution in [-0.2, 0) is 6.42 Å². The molecule has 0 unspecified atom stereocenters. The van der Waals surface area contributed by atoms with Crippen LogP contribution in [0, 0.1) is 0 Å². The minimum atomic E-state index is 0.186. The standard InChI is InChI=1S/C21H20OS/c1-15(2)17-8-10-18(11-9-17)20-12-13-21(23-20)19(22)14-16-6-4-3-5-7-16/h3-13,15H,14H2,1-2H3. The van der Waals surface area contributed by atoms with E-state index in [1.54, 1.807) is 11.3 Å². The first-order valence-electron chi connectivity index (χ1n) is 7.91. The molecule has 0 radical (unpaired) electrons. The number of benzene rings is 2. The number of Topliss-reactive ketones (excluding diaryl/α,β-unsaturated/α-hetero) is 1. The molecule has 23 heavy (non-hydrogen) atoms. The molecule has 0 saturated carbocycles.